The van der Waals surface area contributed by atoms with Crippen LogP contribution in [0.2, 0.25) is 0 Å². The molecular formula is C34H36FN3O4S. The van der Waals surface area contributed by atoms with E-state index in [1.165, 1.54) is 17.0 Å². The van der Waals surface area contributed by atoms with Gasteiger partial charge in [0.2, 0.25) is 11.8 Å². The number of anilines is 1. The molecule has 9 heteroatoms. The normalized spacial score (nSPS) is 11.9. The van der Waals surface area contributed by atoms with Gasteiger partial charge in [0.1, 0.15) is 18.4 Å². The van der Waals surface area contributed by atoms with Gasteiger partial charge in [0, 0.05) is 19.5 Å². The summed E-state index contributed by atoms with van der Waals surface area (Å²) in [5.74, 6) is -1.45. The zero-order chi connectivity index (χ0) is 30.8. The first kappa shape index (κ1) is 31.4. The maximum atomic E-state index is 14.3. The Morgan fingerprint density at radius 3 is 2.02 bits per heavy atom. The van der Waals surface area contributed by atoms with Crippen LogP contribution < -0.4 is 9.62 Å². The Morgan fingerprint density at radius 1 is 0.814 bits per heavy atom. The van der Waals surface area contributed by atoms with Crippen LogP contribution in [-0.4, -0.2) is 44.3 Å². The summed E-state index contributed by atoms with van der Waals surface area (Å²) in [6.07, 6.45) is 0.956. The molecule has 4 aromatic carbocycles. The van der Waals surface area contributed by atoms with Gasteiger partial charge in [-0.1, -0.05) is 85.3 Å². The molecule has 0 saturated carbocycles. The van der Waals surface area contributed by atoms with Gasteiger partial charge >= 0.3 is 0 Å². The van der Waals surface area contributed by atoms with Gasteiger partial charge < -0.3 is 10.2 Å². The van der Waals surface area contributed by atoms with Crippen molar-refractivity contribution in [3.8, 4) is 0 Å². The fourth-order valence-electron chi connectivity index (χ4n) is 4.67. The number of benzene rings is 4. The number of nitrogens with zero attached hydrogens (tertiary/aromatic N) is 2. The van der Waals surface area contributed by atoms with Gasteiger partial charge in [0.05, 0.1) is 10.6 Å². The Morgan fingerprint density at radius 2 is 1.42 bits per heavy atom. The maximum absolute atomic E-state index is 14.3. The van der Waals surface area contributed by atoms with Crippen LogP contribution in [0.3, 0.4) is 0 Å². The van der Waals surface area contributed by atoms with Crippen LogP contribution in [0.25, 0.3) is 0 Å². The molecule has 43 heavy (non-hydrogen) atoms. The van der Waals surface area contributed by atoms with Crippen LogP contribution in [0.5, 0.6) is 0 Å². The standard InChI is InChI=1S/C34H36FN3O4S/c1-3-22-36-34(40)32(23-27-10-6-4-7-11-27)37(24-28-16-14-26(2)15-17-28)33(39)25-38(30-12-8-5-9-13-30)43(41,42)31-20-18-29(35)19-21-31/h4-21,32H,3,22-25H2,1-2H3,(H,36,40). The Labute approximate surface area is 253 Å². The van der Waals surface area contributed by atoms with Crippen molar-refractivity contribution in [3.63, 3.8) is 0 Å². The number of nitrogens with one attached hydrogen (secondary N) is 1. The third kappa shape index (κ3) is 8.29. The molecule has 0 spiro atoms. The molecule has 1 unspecified atom stereocenters. The van der Waals surface area contributed by atoms with Gasteiger partial charge in [-0.15, -0.1) is 0 Å². The molecule has 7 nitrogen and oxygen atoms in total. The van der Waals surface area contributed by atoms with Crippen molar-refractivity contribution < 1.29 is 22.4 Å². The number of amides is 2. The minimum atomic E-state index is -4.28. The van der Waals surface area contributed by atoms with Crippen molar-refractivity contribution in [2.24, 2.45) is 0 Å². The molecule has 0 aromatic heterocycles. The lowest BCUT2D eigenvalue weighted by Gasteiger charge is -2.34. The van der Waals surface area contributed by atoms with E-state index in [0.717, 1.165) is 33.1 Å². The van der Waals surface area contributed by atoms with Gasteiger partial charge in [0.25, 0.3) is 10.0 Å². The predicted molar refractivity (Wildman–Crippen MR) is 166 cm³/mol. The van der Waals surface area contributed by atoms with Gasteiger partial charge in [-0.2, -0.15) is 0 Å². The molecular weight excluding hydrogens is 565 g/mol. The molecule has 0 aliphatic carbocycles. The number of rotatable bonds is 13. The van der Waals surface area contributed by atoms with E-state index in [2.05, 4.69) is 5.32 Å². The first-order valence-electron chi connectivity index (χ1n) is 14.2. The lowest BCUT2D eigenvalue weighted by molar-refractivity contribution is -0.140. The highest BCUT2D eigenvalue weighted by atomic mass is 32.2. The van der Waals surface area contributed by atoms with E-state index < -0.39 is 34.3 Å². The summed E-state index contributed by atoms with van der Waals surface area (Å²) >= 11 is 0. The molecule has 1 N–H and O–H groups in total. The number of para-hydroxylation sites is 1. The zero-order valence-electron chi connectivity index (χ0n) is 24.3. The van der Waals surface area contributed by atoms with Crippen molar-refractivity contribution in [1.29, 1.82) is 0 Å². The van der Waals surface area contributed by atoms with Crippen LogP contribution in [0.15, 0.2) is 114 Å². The molecule has 1 atom stereocenters. The van der Waals surface area contributed by atoms with E-state index in [1.54, 1.807) is 30.3 Å². The molecule has 0 bridgehead atoms. The summed E-state index contributed by atoms with van der Waals surface area (Å²) in [6.45, 7) is 3.87. The van der Waals surface area contributed by atoms with Crippen LogP contribution in [0.4, 0.5) is 10.1 Å². The first-order valence-corrected chi connectivity index (χ1v) is 15.6. The monoisotopic (exact) mass is 601 g/mol. The van der Waals surface area contributed by atoms with Gasteiger partial charge in [-0.05, 0) is 60.9 Å². The van der Waals surface area contributed by atoms with Crippen molar-refractivity contribution >= 4 is 27.5 Å². The van der Waals surface area contributed by atoms with Gasteiger partial charge in [-0.3, -0.25) is 13.9 Å². The second kappa shape index (κ2) is 14.6. The minimum absolute atomic E-state index is 0.0926. The predicted octanol–water partition coefficient (Wildman–Crippen LogP) is 5.50. The molecule has 4 aromatic rings. The quantitative estimate of drug-likeness (QED) is 0.219. The lowest BCUT2D eigenvalue weighted by Crippen LogP contribution is -2.53. The second-order valence-electron chi connectivity index (χ2n) is 10.3. The molecule has 4 rings (SSSR count). The van der Waals surface area contributed by atoms with E-state index in [-0.39, 0.29) is 29.5 Å². The smallest absolute Gasteiger partial charge is 0.264 e. The number of aryl methyl sites for hydroxylation is 1. The third-order valence-electron chi connectivity index (χ3n) is 7.02. The number of sulfonamides is 1. The zero-order valence-corrected chi connectivity index (χ0v) is 25.1. The largest absolute Gasteiger partial charge is 0.354 e. The van der Waals surface area contributed by atoms with E-state index in [0.29, 0.717) is 13.0 Å². The van der Waals surface area contributed by atoms with E-state index >= 15 is 0 Å². The number of hydrogen-bond donors (Lipinski definition) is 1. The average Bonchev–Trinajstić information content (AvgIpc) is 3.02. The highest BCUT2D eigenvalue weighted by molar-refractivity contribution is 7.92. The molecule has 0 heterocycles. The fourth-order valence-corrected chi connectivity index (χ4v) is 6.08. The third-order valence-corrected chi connectivity index (χ3v) is 8.81. The number of carbonyl (C=O) groups is 2. The molecule has 2 amide bonds. The van der Waals surface area contributed by atoms with Crippen LogP contribution in [-0.2, 0) is 32.6 Å². The maximum Gasteiger partial charge on any atom is 0.264 e. The molecule has 0 saturated heterocycles. The molecule has 0 fully saturated rings. The van der Waals surface area contributed by atoms with Crippen molar-refractivity contribution in [2.45, 2.75) is 44.2 Å². The van der Waals surface area contributed by atoms with Crippen molar-refractivity contribution in [3.05, 3.63) is 132 Å². The Bertz CT molecular complexity index is 1600. The van der Waals surface area contributed by atoms with Crippen LogP contribution in [0.1, 0.15) is 30.0 Å². The fraction of sp³-hybridized carbons (Fsp3) is 0.235. The SMILES string of the molecule is CCCNC(=O)C(Cc1ccccc1)N(Cc1ccc(C)cc1)C(=O)CN(c1ccccc1)S(=O)(=O)c1ccc(F)cc1. The highest BCUT2D eigenvalue weighted by Crippen LogP contribution is 2.25. The summed E-state index contributed by atoms with van der Waals surface area (Å²) in [5.41, 5.74) is 2.97. The Hall–Kier alpha value is -4.50. The Kier molecular flexibility index (Phi) is 10.7. The molecule has 0 radical (unpaired) electrons. The lowest BCUT2D eigenvalue weighted by atomic mass is 10.0. The van der Waals surface area contributed by atoms with Crippen LogP contribution in [0, 0.1) is 12.7 Å². The topological polar surface area (TPSA) is 86.8 Å². The van der Waals surface area contributed by atoms with Crippen molar-refractivity contribution in [2.75, 3.05) is 17.4 Å². The van der Waals surface area contributed by atoms with Gasteiger partial charge in [-0.25, -0.2) is 12.8 Å². The summed E-state index contributed by atoms with van der Waals surface area (Å²) in [4.78, 5) is 29.3. The van der Waals surface area contributed by atoms with E-state index in [4.69, 9.17) is 0 Å². The van der Waals surface area contributed by atoms with E-state index in [1.807, 2.05) is 68.4 Å². The Balaban J connectivity index is 1.77. The summed E-state index contributed by atoms with van der Waals surface area (Å²) in [7, 11) is -4.28. The summed E-state index contributed by atoms with van der Waals surface area (Å²) < 4.78 is 42.5. The molecule has 224 valence electrons. The highest BCUT2D eigenvalue weighted by Gasteiger charge is 2.34. The number of carbonyl (C=O) groups excluding carboxylic acids is 2. The first-order chi connectivity index (χ1) is 20.7. The molecule has 0 aliphatic rings. The van der Waals surface area contributed by atoms with E-state index in [9.17, 15) is 22.4 Å². The second-order valence-corrected chi connectivity index (χ2v) is 12.2. The summed E-state index contributed by atoms with van der Waals surface area (Å²) in [6, 6.07) is 28.9. The summed E-state index contributed by atoms with van der Waals surface area (Å²) in [5, 5.41) is 2.93. The molecule has 0 aliphatic heterocycles. The number of hydrogen-bond acceptors (Lipinski definition) is 4. The minimum Gasteiger partial charge on any atom is -0.354 e. The van der Waals surface area contributed by atoms with Crippen LogP contribution >= 0.6 is 0 Å². The number of halogens is 1. The average molecular weight is 602 g/mol. The van der Waals surface area contributed by atoms with Crippen molar-refractivity contribution in [1.82, 2.24) is 10.2 Å². The van der Waals surface area contributed by atoms with Gasteiger partial charge in [0.15, 0.2) is 0 Å².